The first-order valence-corrected chi connectivity index (χ1v) is 5.44. The molecule has 0 aliphatic heterocycles. The van der Waals surface area contributed by atoms with Crippen LogP contribution >= 0.6 is 0 Å². The number of carboxylic acids is 1. The monoisotopic (exact) mass is 212 g/mol. The summed E-state index contributed by atoms with van der Waals surface area (Å²) in [7, 11) is 1.38. The van der Waals surface area contributed by atoms with Gasteiger partial charge in [0.25, 0.3) is 0 Å². The number of carboxylic acid groups (broad SMARTS) is 1. The Kier molecular flexibility index (Phi) is 2.67. The maximum Gasteiger partial charge on any atom is 0.308 e. The fraction of sp³-hybridized carbons (Fsp3) is 0.818. The predicted molar refractivity (Wildman–Crippen MR) is 52.1 cm³/mol. The summed E-state index contributed by atoms with van der Waals surface area (Å²) in [5.41, 5.74) is 0. The minimum Gasteiger partial charge on any atom is -0.481 e. The van der Waals surface area contributed by atoms with Crippen LogP contribution in [0.5, 0.6) is 0 Å². The Balaban J connectivity index is 2.16. The van der Waals surface area contributed by atoms with Gasteiger partial charge in [0, 0.05) is 0 Å². The molecule has 0 spiro atoms. The first kappa shape index (κ1) is 10.5. The Morgan fingerprint density at radius 1 is 1.20 bits per heavy atom. The molecule has 0 amide bonds. The highest BCUT2D eigenvalue weighted by molar-refractivity contribution is 5.76. The van der Waals surface area contributed by atoms with Crippen molar-refractivity contribution in [3.8, 4) is 0 Å². The second kappa shape index (κ2) is 3.83. The summed E-state index contributed by atoms with van der Waals surface area (Å²) in [6, 6.07) is 0. The lowest BCUT2D eigenvalue weighted by molar-refractivity contribution is -0.160. The second-order valence-electron chi connectivity index (χ2n) is 4.65. The number of esters is 1. The lowest BCUT2D eigenvalue weighted by atomic mass is 9.59. The third kappa shape index (κ3) is 1.73. The van der Waals surface area contributed by atoms with Gasteiger partial charge in [-0.25, -0.2) is 0 Å². The number of carbonyl (C=O) groups is 2. The molecule has 4 heteroatoms. The molecule has 15 heavy (non-hydrogen) atoms. The fourth-order valence-corrected chi connectivity index (χ4v) is 3.22. The van der Waals surface area contributed by atoms with E-state index in [1.165, 1.54) is 7.11 Å². The van der Waals surface area contributed by atoms with Crippen molar-refractivity contribution in [3.63, 3.8) is 0 Å². The molecule has 3 rings (SSSR count). The highest BCUT2D eigenvalue weighted by atomic mass is 16.5. The molecular weight excluding hydrogens is 196 g/mol. The van der Waals surface area contributed by atoms with E-state index in [0.29, 0.717) is 5.92 Å². The zero-order valence-electron chi connectivity index (χ0n) is 8.81. The Morgan fingerprint density at radius 2 is 1.87 bits per heavy atom. The van der Waals surface area contributed by atoms with Crippen LogP contribution in [0.2, 0.25) is 0 Å². The largest absolute Gasteiger partial charge is 0.481 e. The van der Waals surface area contributed by atoms with E-state index in [0.717, 1.165) is 25.7 Å². The third-order valence-electron chi connectivity index (χ3n) is 3.94. The number of hydrogen-bond donors (Lipinski definition) is 1. The highest BCUT2D eigenvalue weighted by Gasteiger charge is 2.48. The Bertz CT molecular complexity index is 286. The summed E-state index contributed by atoms with van der Waals surface area (Å²) in [6.07, 6.45) is 3.50. The van der Waals surface area contributed by atoms with E-state index in [4.69, 9.17) is 9.84 Å². The van der Waals surface area contributed by atoms with E-state index < -0.39 is 5.97 Å². The molecule has 3 aliphatic carbocycles. The van der Waals surface area contributed by atoms with E-state index >= 15 is 0 Å². The van der Waals surface area contributed by atoms with E-state index in [1.54, 1.807) is 0 Å². The Morgan fingerprint density at radius 3 is 2.40 bits per heavy atom. The van der Waals surface area contributed by atoms with Gasteiger partial charge in [-0.05, 0) is 31.1 Å². The van der Waals surface area contributed by atoms with Crippen molar-refractivity contribution >= 4 is 11.9 Å². The number of fused-ring (bicyclic) bond motifs is 3. The molecular formula is C11H16O4. The van der Waals surface area contributed by atoms with E-state index in [2.05, 4.69) is 0 Å². The summed E-state index contributed by atoms with van der Waals surface area (Å²) in [5, 5.41) is 9.08. The van der Waals surface area contributed by atoms with Gasteiger partial charge >= 0.3 is 11.9 Å². The van der Waals surface area contributed by atoms with Gasteiger partial charge in [-0.1, -0.05) is 6.42 Å². The molecule has 0 radical (unpaired) electrons. The molecule has 0 aromatic carbocycles. The van der Waals surface area contributed by atoms with Gasteiger partial charge in [-0.15, -0.1) is 0 Å². The molecule has 4 nitrogen and oxygen atoms in total. The average molecular weight is 212 g/mol. The number of carbonyl (C=O) groups excluding carboxylic acids is 1. The third-order valence-corrected chi connectivity index (χ3v) is 3.94. The van der Waals surface area contributed by atoms with Crippen molar-refractivity contribution in [3.05, 3.63) is 0 Å². The Labute approximate surface area is 88.6 Å². The van der Waals surface area contributed by atoms with Crippen LogP contribution in [-0.4, -0.2) is 24.2 Å². The van der Waals surface area contributed by atoms with Crippen molar-refractivity contribution in [2.75, 3.05) is 7.11 Å². The van der Waals surface area contributed by atoms with Crippen LogP contribution in [0.4, 0.5) is 0 Å². The van der Waals surface area contributed by atoms with E-state index in [-0.39, 0.29) is 23.7 Å². The van der Waals surface area contributed by atoms with Gasteiger partial charge in [0.2, 0.25) is 0 Å². The zero-order valence-corrected chi connectivity index (χ0v) is 8.81. The quantitative estimate of drug-likeness (QED) is 0.701. The normalized spacial score (nSPS) is 38.7. The molecule has 0 aromatic heterocycles. The van der Waals surface area contributed by atoms with Crippen molar-refractivity contribution < 1.29 is 19.4 Å². The molecule has 1 N–H and O–H groups in total. The van der Waals surface area contributed by atoms with Crippen LogP contribution in [-0.2, 0) is 14.3 Å². The zero-order chi connectivity index (χ0) is 11.0. The molecule has 0 saturated heterocycles. The topological polar surface area (TPSA) is 63.6 Å². The van der Waals surface area contributed by atoms with Gasteiger partial charge in [-0.2, -0.15) is 0 Å². The maximum atomic E-state index is 11.5. The van der Waals surface area contributed by atoms with E-state index in [1.807, 2.05) is 0 Å². The van der Waals surface area contributed by atoms with Gasteiger partial charge < -0.3 is 9.84 Å². The average Bonchev–Trinajstić information content (AvgIpc) is 2.28. The minimum atomic E-state index is -0.752. The SMILES string of the molecule is COC(=O)[C@H]1C[C@H]2CC[C@@H]1[C@H](C(=O)O)C2. The van der Waals surface area contributed by atoms with Crippen LogP contribution in [0.3, 0.4) is 0 Å². The van der Waals surface area contributed by atoms with Crippen LogP contribution in [0, 0.1) is 23.7 Å². The molecule has 4 atom stereocenters. The van der Waals surface area contributed by atoms with Gasteiger partial charge in [0.1, 0.15) is 0 Å². The van der Waals surface area contributed by atoms with Crippen molar-refractivity contribution in [2.24, 2.45) is 23.7 Å². The van der Waals surface area contributed by atoms with Crippen LogP contribution in [0.1, 0.15) is 25.7 Å². The minimum absolute atomic E-state index is 0.0000463. The summed E-state index contributed by atoms with van der Waals surface area (Å²) in [4.78, 5) is 22.6. The molecule has 2 bridgehead atoms. The lowest BCUT2D eigenvalue weighted by Gasteiger charge is -2.44. The first-order chi connectivity index (χ1) is 7.13. The van der Waals surface area contributed by atoms with E-state index in [9.17, 15) is 9.59 Å². The number of rotatable bonds is 2. The molecule has 0 aromatic rings. The van der Waals surface area contributed by atoms with Gasteiger partial charge in [-0.3, -0.25) is 9.59 Å². The molecule has 0 heterocycles. The molecule has 3 saturated carbocycles. The standard InChI is InChI=1S/C11H16O4/c1-15-11(14)9-5-6-2-3-7(9)8(4-6)10(12)13/h6-9H,2-5H2,1H3,(H,12,13)/t6-,7+,8+,9-/m0/s1. The smallest absolute Gasteiger partial charge is 0.308 e. The van der Waals surface area contributed by atoms with Crippen molar-refractivity contribution in [1.29, 1.82) is 0 Å². The van der Waals surface area contributed by atoms with Crippen LogP contribution in [0.15, 0.2) is 0 Å². The molecule has 84 valence electrons. The summed E-state index contributed by atoms with van der Waals surface area (Å²) < 4.78 is 4.74. The molecule has 3 aliphatic rings. The Hall–Kier alpha value is -1.06. The molecule has 3 fully saturated rings. The van der Waals surface area contributed by atoms with Crippen molar-refractivity contribution in [1.82, 2.24) is 0 Å². The molecule has 0 unspecified atom stereocenters. The summed E-state index contributed by atoms with van der Waals surface area (Å²) in [6.45, 7) is 0. The highest BCUT2D eigenvalue weighted by Crippen LogP contribution is 2.48. The fourth-order valence-electron chi connectivity index (χ4n) is 3.22. The maximum absolute atomic E-state index is 11.5. The van der Waals surface area contributed by atoms with Crippen LogP contribution in [0.25, 0.3) is 0 Å². The number of hydrogen-bond acceptors (Lipinski definition) is 3. The summed E-state index contributed by atoms with van der Waals surface area (Å²) in [5.74, 6) is -1.08. The number of methoxy groups -OCH3 is 1. The van der Waals surface area contributed by atoms with Gasteiger partial charge in [0.05, 0.1) is 18.9 Å². The first-order valence-electron chi connectivity index (χ1n) is 5.44. The second-order valence-corrected chi connectivity index (χ2v) is 4.65. The van der Waals surface area contributed by atoms with Gasteiger partial charge in [0.15, 0.2) is 0 Å². The lowest BCUT2D eigenvalue weighted by Crippen LogP contribution is -2.45. The number of aliphatic carboxylic acids is 1. The number of ether oxygens (including phenoxy) is 1. The summed E-state index contributed by atoms with van der Waals surface area (Å²) >= 11 is 0. The van der Waals surface area contributed by atoms with Crippen molar-refractivity contribution in [2.45, 2.75) is 25.7 Å². The van der Waals surface area contributed by atoms with Crippen LogP contribution < -0.4 is 0 Å². The predicted octanol–water partition coefficient (Wildman–Crippen LogP) is 1.30.